The van der Waals surface area contributed by atoms with Gasteiger partial charge in [0, 0.05) is 7.11 Å². The monoisotopic (exact) mass is 113 g/mol. The maximum atomic E-state index is 9.48. The predicted octanol–water partition coefficient (Wildman–Crippen LogP) is 0.482. The van der Waals surface area contributed by atoms with Gasteiger partial charge >= 0.3 is 0 Å². The zero-order valence-electron chi connectivity index (χ0n) is 4.68. The Bertz CT molecular complexity index is 124. The van der Waals surface area contributed by atoms with Crippen LogP contribution in [-0.4, -0.2) is 19.8 Å². The number of ether oxygens (including phenoxy) is 1. The molecule has 0 unspecified atom stereocenters. The Morgan fingerprint density at radius 2 is 2.62 bits per heavy atom. The van der Waals surface area contributed by atoms with Crippen molar-refractivity contribution in [3.63, 3.8) is 0 Å². The van der Waals surface area contributed by atoms with Crippen molar-refractivity contribution in [2.45, 2.75) is 0 Å². The minimum atomic E-state index is 0.287. The molecule has 44 valence electrons. The largest absolute Gasteiger partial charge is 0.378 e. The first-order valence-corrected chi connectivity index (χ1v) is 2.06. The molecule has 3 nitrogen and oxygen atoms in total. The summed E-state index contributed by atoms with van der Waals surface area (Å²) in [6, 6.07) is 0. The standard InChI is InChI=1S/C5H7NO2/c1-5(3-8-2)6-4-7/h1,3H2,2H3. The van der Waals surface area contributed by atoms with Crippen LogP contribution in [0.2, 0.25) is 0 Å². The van der Waals surface area contributed by atoms with Gasteiger partial charge in [-0.2, -0.15) is 4.99 Å². The summed E-state index contributed by atoms with van der Waals surface area (Å²) in [6.07, 6.45) is 1.35. The van der Waals surface area contributed by atoms with E-state index in [1.165, 1.54) is 13.2 Å². The molecule has 0 heterocycles. The van der Waals surface area contributed by atoms with Gasteiger partial charge in [0.1, 0.15) is 0 Å². The second-order valence-corrected chi connectivity index (χ2v) is 1.20. The molecular weight excluding hydrogens is 106 g/mol. The fourth-order valence-electron chi connectivity index (χ4n) is 0.263. The van der Waals surface area contributed by atoms with Crippen LogP contribution in [0.1, 0.15) is 0 Å². The summed E-state index contributed by atoms with van der Waals surface area (Å²) in [5, 5.41) is 0. The molecule has 3 heteroatoms. The van der Waals surface area contributed by atoms with Crippen LogP contribution in [0.5, 0.6) is 0 Å². The fourth-order valence-corrected chi connectivity index (χ4v) is 0.263. The third-order valence-corrected chi connectivity index (χ3v) is 0.515. The van der Waals surface area contributed by atoms with Crippen LogP contribution in [0.25, 0.3) is 0 Å². The highest BCUT2D eigenvalue weighted by Crippen LogP contribution is 1.87. The third-order valence-electron chi connectivity index (χ3n) is 0.515. The molecule has 0 N–H and O–H groups in total. The van der Waals surface area contributed by atoms with Crippen molar-refractivity contribution >= 4 is 6.08 Å². The van der Waals surface area contributed by atoms with Gasteiger partial charge in [0.05, 0.1) is 12.3 Å². The number of aliphatic imine (C=N–C) groups is 1. The molecule has 0 aliphatic rings. The highest BCUT2D eigenvalue weighted by Gasteiger charge is 1.83. The molecule has 0 aromatic heterocycles. The molecule has 0 amide bonds. The van der Waals surface area contributed by atoms with Crippen molar-refractivity contribution in [1.29, 1.82) is 0 Å². The van der Waals surface area contributed by atoms with Crippen LogP contribution in [0.3, 0.4) is 0 Å². The van der Waals surface area contributed by atoms with Crippen LogP contribution >= 0.6 is 0 Å². The lowest BCUT2D eigenvalue weighted by Crippen LogP contribution is -1.87. The Hall–Kier alpha value is -0.920. The quantitative estimate of drug-likeness (QED) is 0.394. The van der Waals surface area contributed by atoms with Gasteiger partial charge in [0.25, 0.3) is 0 Å². The van der Waals surface area contributed by atoms with Crippen molar-refractivity contribution in [3.05, 3.63) is 12.3 Å². The molecular formula is C5H7NO2. The molecule has 0 bridgehead atoms. The van der Waals surface area contributed by atoms with Crippen LogP contribution in [0, 0.1) is 0 Å². The van der Waals surface area contributed by atoms with Gasteiger partial charge in [0.2, 0.25) is 6.08 Å². The molecule has 0 radical (unpaired) electrons. The smallest absolute Gasteiger partial charge is 0.240 e. The lowest BCUT2D eigenvalue weighted by molar-refractivity contribution is 0.225. The van der Waals surface area contributed by atoms with Crippen molar-refractivity contribution in [3.8, 4) is 0 Å². The molecule has 0 atom stereocenters. The van der Waals surface area contributed by atoms with Crippen LogP contribution in [0.4, 0.5) is 0 Å². The number of hydrogen-bond donors (Lipinski definition) is 0. The van der Waals surface area contributed by atoms with E-state index in [1.54, 1.807) is 0 Å². The second kappa shape index (κ2) is 4.24. The van der Waals surface area contributed by atoms with E-state index in [1.807, 2.05) is 0 Å². The number of methoxy groups -OCH3 is 1. The van der Waals surface area contributed by atoms with Crippen LogP contribution in [0.15, 0.2) is 17.3 Å². The Morgan fingerprint density at radius 1 is 2.00 bits per heavy atom. The first-order chi connectivity index (χ1) is 3.81. The Labute approximate surface area is 47.7 Å². The van der Waals surface area contributed by atoms with Crippen LogP contribution < -0.4 is 0 Å². The van der Waals surface area contributed by atoms with Crippen molar-refractivity contribution in [1.82, 2.24) is 0 Å². The molecule has 8 heavy (non-hydrogen) atoms. The fraction of sp³-hybridized carbons (Fsp3) is 0.400. The van der Waals surface area contributed by atoms with E-state index in [0.717, 1.165) is 0 Å². The van der Waals surface area contributed by atoms with E-state index < -0.39 is 0 Å². The average molecular weight is 113 g/mol. The zero-order chi connectivity index (χ0) is 6.41. The van der Waals surface area contributed by atoms with E-state index >= 15 is 0 Å². The minimum absolute atomic E-state index is 0.287. The summed E-state index contributed by atoms with van der Waals surface area (Å²) in [6.45, 7) is 3.67. The van der Waals surface area contributed by atoms with Gasteiger partial charge < -0.3 is 4.74 Å². The maximum Gasteiger partial charge on any atom is 0.240 e. The number of carbonyl (C=O) groups excluding carboxylic acids is 1. The topological polar surface area (TPSA) is 38.7 Å². The number of isocyanates is 1. The van der Waals surface area contributed by atoms with E-state index in [9.17, 15) is 4.79 Å². The first kappa shape index (κ1) is 7.08. The van der Waals surface area contributed by atoms with Crippen molar-refractivity contribution in [2.24, 2.45) is 4.99 Å². The van der Waals surface area contributed by atoms with Gasteiger partial charge in [0.15, 0.2) is 0 Å². The number of nitrogens with zero attached hydrogens (tertiary/aromatic N) is 1. The highest BCUT2D eigenvalue weighted by molar-refractivity contribution is 5.36. The summed E-state index contributed by atoms with van der Waals surface area (Å²) in [5.74, 6) is 0. The molecule has 0 fully saturated rings. The zero-order valence-corrected chi connectivity index (χ0v) is 4.68. The van der Waals surface area contributed by atoms with E-state index in [-0.39, 0.29) is 6.61 Å². The van der Waals surface area contributed by atoms with E-state index in [2.05, 4.69) is 16.3 Å². The highest BCUT2D eigenvalue weighted by atomic mass is 16.5. The number of rotatable bonds is 3. The van der Waals surface area contributed by atoms with Gasteiger partial charge in [-0.1, -0.05) is 6.58 Å². The summed E-state index contributed by atoms with van der Waals surface area (Å²) >= 11 is 0. The lowest BCUT2D eigenvalue weighted by Gasteiger charge is -1.90. The summed E-state index contributed by atoms with van der Waals surface area (Å²) in [7, 11) is 1.51. The Morgan fingerprint density at radius 3 is 3.00 bits per heavy atom. The third kappa shape index (κ3) is 3.28. The molecule has 0 spiro atoms. The average Bonchev–Trinajstić information content (AvgIpc) is 1.68. The van der Waals surface area contributed by atoms with Crippen molar-refractivity contribution < 1.29 is 9.53 Å². The van der Waals surface area contributed by atoms with Gasteiger partial charge in [-0.05, 0) is 0 Å². The molecule has 0 aliphatic carbocycles. The molecule has 0 aromatic carbocycles. The van der Waals surface area contributed by atoms with Gasteiger partial charge in [-0.25, -0.2) is 4.79 Å². The normalized spacial score (nSPS) is 7.62. The van der Waals surface area contributed by atoms with Gasteiger partial charge in [-0.15, -0.1) is 0 Å². The minimum Gasteiger partial charge on any atom is -0.378 e. The SMILES string of the molecule is C=C(COC)N=C=O. The summed E-state index contributed by atoms with van der Waals surface area (Å²) in [4.78, 5) is 12.7. The molecule has 0 saturated heterocycles. The Kier molecular flexibility index (Phi) is 3.76. The van der Waals surface area contributed by atoms with Gasteiger partial charge in [-0.3, -0.25) is 0 Å². The summed E-state index contributed by atoms with van der Waals surface area (Å²) in [5.41, 5.74) is 0.391. The first-order valence-electron chi connectivity index (χ1n) is 2.06. The molecule has 0 aromatic rings. The second-order valence-electron chi connectivity index (χ2n) is 1.20. The molecule has 0 rings (SSSR count). The summed E-state index contributed by atoms with van der Waals surface area (Å²) < 4.78 is 4.58. The van der Waals surface area contributed by atoms with E-state index in [4.69, 9.17) is 0 Å². The molecule has 0 aliphatic heterocycles. The maximum absolute atomic E-state index is 9.48. The van der Waals surface area contributed by atoms with E-state index in [0.29, 0.717) is 5.70 Å². The number of hydrogen-bond acceptors (Lipinski definition) is 3. The molecule has 0 saturated carbocycles. The Balaban J connectivity index is 3.49. The lowest BCUT2D eigenvalue weighted by atomic mass is 10.5. The van der Waals surface area contributed by atoms with Crippen molar-refractivity contribution in [2.75, 3.05) is 13.7 Å². The predicted molar refractivity (Wildman–Crippen MR) is 29.1 cm³/mol. The van der Waals surface area contributed by atoms with Crippen LogP contribution in [-0.2, 0) is 9.53 Å².